The Morgan fingerprint density at radius 3 is 1.94 bits per heavy atom. The van der Waals surface area contributed by atoms with Crippen LogP contribution in [0.1, 0.15) is 40.5 Å². The zero-order valence-corrected chi connectivity index (χ0v) is 17.3. The van der Waals surface area contributed by atoms with Crippen LogP contribution in [0, 0.1) is 0 Å². The normalized spacial score (nSPS) is 24.9. The molecule has 1 saturated heterocycles. The van der Waals surface area contributed by atoms with E-state index in [4.69, 9.17) is 4.74 Å². The van der Waals surface area contributed by atoms with Crippen molar-refractivity contribution in [2.75, 3.05) is 0 Å². The van der Waals surface area contributed by atoms with Gasteiger partial charge in [-0.1, -0.05) is 0 Å². The first kappa shape index (κ1) is 17.6. The summed E-state index contributed by atoms with van der Waals surface area (Å²) in [6, 6.07) is 0. The van der Waals surface area contributed by atoms with Gasteiger partial charge in [0, 0.05) is 23.9 Å². The number of esters is 1. The maximum atomic E-state index is 11.9. The molecule has 1 aliphatic heterocycles. The molecule has 0 atom stereocenters. The van der Waals surface area contributed by atoms with Gasteiger partial charge in [-0.15, -0.1) is 0 Å². The van der Waals surface area contributed by atoms with Gasteiger partial charge in [0.15, 0.2) is 0 Å². The van der Waals surface area contributed by atoms with Crippen LogP contribution in [0.15, 0.2) is 0 Å². The van der Waals surface area contributed by atoms with Crippen molar-refractivity contribution in [1.29, 1.82) is 0 Å². The van der Waals surface area contributed by atoms with Gasteiger partial charge in [-0.25, -0.2) is 4.79 Å². The van der Waals surface area contributed by atoms with Crippen molar-refractivity contribution in [3.05, 3.63) is 0 Å². The van der Waals surface area contributed by atoms with E-state index in [0.29, 0.717) is 12.8 Å². The smallest absolute Gasteiger partial charge is 0.342 e. The van der Waals surface area contributed by atoms with E-state index in [9.17, 15) is 10.0 Å². The molecule has 18 heavy (non-hydrogen) atoms. The lowest BCUT2D eigenvalue weighted by atomic mass is 9.80. The molecule has 0 saturated carbocycles. The highest BCUT2D eigenvalue weighted by molar-refractivity contribution is 14.3. The largest absolute Gasteiger partial charge is 0.460 e. The molecule has 1 aliphatic rings. The molecule has 0 spiro atoms. The molecule has 0 aromatic heterocycles. The molecule has 0 amide bonds. The number of ether oxygens (including phenoxy) is 1. The average molecular weight is 593 g/mol. The second-order valence-electron chi connectivity index (χ2n) is 5.87. The second-order valence-corrected chi connectivity index (χ2v) is 16.9. The van der Waals surface area contributed by atoms with Crippen molar-refractivity contribution in [3.8, 4) is 0 Å². The monoisotopic (exact) mass is 593 g/mol. The molecular weight excluding hydrogens is 575 g/mol. The van der Waals surface area contributed by atoms with Gasteiger partial charge < -0.3 is 9.94 Å². The van der Waals surface area contributed by atoms with E-state index >= 15 is 0 Å². The van der Waals surface area contributed by atoms with Gasteiger partial charge in [0.05, 0.1) is 0 Å². The summed E-state index contributed by atoms with van der Waals surface area (Å²) < 4.78 is 5.00. The SMILES string of the molecule is CC1(C)CC(OC(=O)C(I)(I)I)CC(C)(C)N1O. The van der Waals surface area contributed by atoms with E-state index in [1.54, 1.807) is 0 Å². The third-order valence-electron chi connectivity index (χ3n) is 3.11. The van der Waals surface area contributed by atoms with Gasteiger partial charge in [0.1, 0.15) is 6.10 Å². The number of rotatable bonds is 2. The maximum Gasteiger partial charge on any atom is 0.342 e. The molecule has 7 heteroatoms. The predicted octanol–water partition coefficient (Wildman–Crippen LogP) is 3.90. The zero-order chi connectivity index (χ0) is 14.4. The fraction of sp³-hybridized carbons (Fsp3) is 0.909. The molecule has 1 fully saturated rings. The number of halogens is 3. The highest BCUT2D eigenvalue weighted by atomic mass is 127. The number of carbonyl (C=O) groups is 1. The van der Waals surface area contributed by atoms with Crippen LogP contribution in [-0.2, 0) is 9.53 Å². The molecule has 1 rings (SSSR count). The summed E-state index contributed by atoms with van der Waals surface area (Å²) in [7, 11) is 0. The topological polar surface area (TPSA) is 49.8 Å². The number of hydrogen-bond acceptors (Lipinski definition) is 4. The molecule has 1 heterocycles. The molecule has 0 unspecified atom stereocenters. The first-order valence-electron chi connectivity index (χ1n) is 5.63. The zero-order valence-electron chi connectivity index (χ0n) is 10.8. The Morgan fingerprint density at radius 2 is 1.61 bits per heavy atom. The molecular formula is C11H18I3NO3. The Bertz CT molecular complexity index is 321. The van der Waals surface area contributed by atoms with E-state index in [0.717, 1.165) is 0 Å². The fourth-order valence-corrected chi connectivity index (χ4v) is 2.86. The summed E-state index contributed by atoms with van der Waals surface area (Å²) in [6.07, 6.45) is 1.13. The number of nitrogens with zero attached hydrogens (tertiary/aromatic N) is 1. The van der Waals surface area contributed by atoms with E-state index in [-0.39, 0.29) is 12.1 Å². The molecule has 0 bridgehead atoms. The minimum absolute atomic E-state index is 0.149. The van der Waals surface area contributed by atoms with Crippen molar-refractivity contribution in [3.63, 3.8) is 0 Å². The van der Waals surface area contributed by atoms with Gasteiger partial charge in [0.2, 0.25) is -0.565 Å². The third-order valence-corrected chi connectivity index (χ3v) is 4.43. The summed E-state index contributed by atoms with van der Waals surface area (Å²) in [5.41, 5.74) is -0.783. The van der Waals surface area contributed by atoms with Gasteiger partial charge in [-0.05, 0) is 95.5 Å². The van der Waals surface area contributed by atoms with Crippen LogP contribution in [0.3, 0.4) is 0 Å². The lowest BCUT2D eigenvalue weighted by molar-refractivity contribution is -0.259. The summed E-state index contributed by atoms with van der Waals surface area (Å²) in [5.74, 6) is -0.215. The molecule has 106 valence electrons. The number of alkyl halides is 3. The fourth-order valence-electron chi connectivity index (χ4n) is 2.48. The Morgan fingerprint density at radius 1 is 1.22 bits per heavy atom. The van der Waals surface area contributed by atoms with Crippen LogP contribution >= 0.6 is 67.8 Å². The van der Waals surface area contributed by atoms with E-state index in [2.05, 4.69) is 67.8 Å². The highest BCUT2D eigenvalue weighted by Crippen LogP contribution is 2.41. The predicted molar refractivity (Wildman–Crippen MR) is 95.7 cm³/mol. The average Bonchev–Trinajstić information content (AvgIpc) is 2.11. The van der Waals surface area contributed by atoms with E-state index in [1.165, 1.54) is 5.06 Å². The lowest BCUT2D eigenvalue weighted by Crippen LogP contribution is -2.60. The molecule has 0 aromatic carbocycles. The second kappa shape index (κ2) is 5.76. The van der Waals surface area contributed by atoms with Crippen LogP contribution in [0.2, 0.25) is 0 Å². The van der Waals surface area contributed by atoms with Crippen LogP contribution in [0.4, 0.5) is 0 Å². The minimum Gasteiger partial charge on any atom is -0.460 e. The Balaban J connectivity index is 2.79. The molecule has 4 nitrogen and oxygen atoms in total. The van der Waals surface area contributed by atoms with Crippen molar-refractivity contribution in [2.45, 2.75) is 57.2 Å². The lowest BCUT2D eigenvalue weighted by Gasteiger charge is -2.51. The third kappa shape index (κ3) is 4.29. The maximum absolute atomic E-state index is 11.9. The number of piperidine rings is 1. The van der Waals surface area contributed by atoms with Crippen molar-refractivity contribution in [2.24, 2.45) is 0 Å². The summed E-state index contributed by atoms with van der Waals surface area (Å²) >= 11 is 6.18. The molecule has 1 N–H and O–H groups in total. The molecule has 0 aliphatic carbocycles. The first-order chi connectivity index (χ1) is 7.86. The summed E-state index contributed by atoms with van der Waals surface area (Å²) in [5, 5.41) is 11.5. The number of carbonyl (C=O) groups excluding carboxylic acids is 1. The van der Waals surface area contributed by atoms with Gasteiger partial charge >= 0.3 is 5.97 Å². The van der Waals surface area contributed by atoms with E-state index < -0.39 is 10.5 Å². The van der Waals surface area contributed by atoms with E-state index in [1.807, 2.05) is 27.7 Å². The van der Waals surface area contributed by atoms with Gasteiger partial charge in [-0.3, -0.25) is 0 Å². The standard InChI is InChI=1S/C11H18I3NO3/c1-9(2)5-7(6-10(3,4)15(9)17)18-8(16)11(12,13)14/h7,17H,5-6H2,1-4H3. The van der Waals surface area contributed by atoms with Gasteiger partial charge in [-0.2, -0.15) is 5.06 Å². The van der Waals surface area contributed by atoms with Crippen LogP contribution in [0.25, 0.3) is 0 Å². The summed E-state index contributed by atoms with van der Waals surface area (Å²) in [6.45, 7) is 7.83. The van der Waals surface area contributed by atoms with Crippen molar-refractivity contribution >= 4 is 73.7 Å². The highest BCUT2D eigenvalue weighted by Gasteiger charge is 2.47. The van der Waals surface area contributed by atoms with Crippen molar-refractivity contribution < 1.29 is 14.7 Å². The first-order valence-corrected chi connectivity index (χ1v) is 8.87. The molecule has 0 aromatic rings. The van der Waals surface area contributed by atoms with Gasteiger partial charge in [0.25, 0.3) is 0 Å². The number of hydroxylamine groups is 2. The van der Waals surface area contributed by atoms with Crippen molar-refractivity contribution in [1.82, 2.24) is 5.06 Å². The molecule has 0 radical (unpaired) electrons. The summed E-state index contributed by atoms with van der Waals surface area (Å²) in [4.78, 5) is 11.9. The van der Waals surface area contributed by atoms with Crippen LogP contribution < -0.4 is 0 Å². The Labute approximate surface area is 149 Å². The Kier molecular flexibility index (Phi) is 5.64. The Hall–Kier alpha value is 1.58. The van der Waals surface area contributed by atoms with Crippen LogP contribution in [-0.4, -0.2) is 32.9 Å². The van der Waals surface area contributed by atoms with Crippen LogP contribution in [0.5, 0.6) is 0 Å². The minimum atomic E-state index is -0.572. The number of hydrogen-bond donors (Lipinski definition) is 1. The quantitative estimate of drug-likeness (QED) is 0.300.